The third kappa shape index (κ3) is 2.84. The highest BCUT2D eigenvalue weighted by Crippen LogP contribution is 2.28. The van der Waals surface area contributed by atoms with E-state index in [2.05, 4.69) is 0 Å². The van der Waals surface area contributed by atoms with Gasteiger partial charge in [-0.25, -0.2) is 0 Å². The van der Waals surface area contributed by atoms with Gasteiger partial charge in [-0.15, -0.1) is 0 Å². The molecule has 1 N–H and O–H groups in total. The van der Waals surface area contributed by atoms with E-state index in [0.717, 1.165) is 5.56 Å². The molecule has 0 bridgehead atoms. The van der Waals surface area contributed by atoms with E-state index < -0.39 is 5.60 Å². The van der Waals surface area contributed by atoms with E-state index in [1.165, 1.54) is 0 Å². The van der Waals surface area contributed by atoms with Crippen LogP contribution in [-0.4, -0.2) is 11.7 Å². The number of aliphatic hydroxyl groups is 1. The zero-order chi connectivity index (χ0) is 13.0. The molecule has 0 radical (unpaired) electrons. The summed E-state index contributed by atoms with van der Waals surface area (Å²) in [5.74, 6) is 0.680. The molecule has 94 valence electrons. The predicted octanol–water partition coefficient (Wildman–Crippen LogP) is 3.63. The molecule has 0 fully saturated rings. The summed E-state index contributed by atoms with van der Waals surface area (Å²) in [6, 6.07) is 16.8. The van der Waals surface area contributed by atoms with Crippen LogP contribution in [0.4, 0.5) is 0 Å². The maximum absolute atomic E-state index is 9.60. The van der Waals surface area contributed by atoms with Crippen LogP contribution >= 0.6 is 11.6 Å². The zero-order valence-corrected chi connectivity index (χ0v) is 10.9. The number of rotatable bonds is 4. The van der Waals surface area contributed by atoms with Crippen molar-refractivity contribution in [1.82, 2.24) is 0 Å². The Morgan fingerprint density at radius 1 is 1.06 bits per heavy atom. The Kier molecular flexibility index (Phi) is 3.90. The lowest BCUT2D eigenvalue weighted by molar-refractivity contribution is 0.0216. The van der Waals surface area contributed by atoms with Gasteiger partial charge in [0, 0.05) is 5.02 Å². The SMILES string of the molecule is CC(CO)(Oc1ccc(Cl)cc1)c1ccccc1. The number of halogens is 1. The lowest BCUT2D eigenvalue weighted by Gasteiger charge is -2.29. The average Bonchev–Trinajstić information content (AvgIpc) is 2.42. The highest BCUT2D eigenvalue weighted by Gasteiger charge is 2.27. The van der Waals surface area contributed by atoms with E-state index in [1.807, 2.05) is 37.3 Å². The Hall–Kier alpha value is -1.51. The van der Waals surface area contributed by atoms with Crippen molar-refractivity contribution in [2.75, 3.05) is 6.61 Å². The summed E-state index contributed by atoms with van der Waals surface area (Å²) in [7, 11) is 0. The largest absolute Gasteiger partial charge is 0.480 e. The molecule has 0 aromatic heterocycles. The maximum Gasteiger partial charge on any atom is 0.154 e. The van der Waals surface area contributed by atoms with Gasteiger partial charge in [0.1, 0.15) is 5.75 Å². The second-order valence-electron chi connectivity index (χ2n) is 4.31. The minimum Gasteiger partial charge on any atom is -0.480 e. The van der Waals surface area contributed by atoms with Gasteiger partial charge in [0.05, 0.1) is 6.61 Å². The summed E-state index contributed by atoms with van der Waals surface area (Å²) < 4.78 is 5.88. The van der Waals surface area contributed by atoms with Crippen molar-refractivity contribution in [2.24, 2.45) is 0 Å². The summed E-state index contributed by atoms with van der Waals surface area (Å²) in [5, 5.41) is 10.3. The highest BCUT2D eigenvalue weighted by atomic mass is 35.5. The first kappa shape index (κ1) is 12.9. The quantitative estimate of drug-likeness (QED) is 0.912. The molecule has 0 spiro atoms. The molecule has 2 rings (SSSR count). The molecule has 3 heteroatoms. The first-order valence-electron chi connectivity index (χ1n) is 5.75. The topological polar surface area (TPSA) is 29.5 Å². The molecular formula is C15H15ClO2. The minimum absolute atomic E-state index is 0.0976. The van der Waals surface area contributed by atoms with Crippen molar-refractivity contribution in [3.63, 3.8) is 0 Å². The average molecular weight is 263 g/mol. The number of hydrogen-bond donors (Lipinski definition) is 1. The Balaban J connectivity index is 2.26. The molecule has 1 unspecified atom stereocenters. The van der Waals surface area contributed by atoms with E-state index in [9.17, 15) is 5.11 Å². The van der Waals surface area contributed by atoms with E-state index in [0.29, 0.717) is 10.8 Å². The van der Waals surface area contributed by atoms with Crippen LogP contribution in [0.1, 0.15) is 12.5 Å². The number of ether oxygens (including phenoxy) is 1. The molecule has 0 amide bonds. The van der Waals surface area contributed by atoms with E-state index in [-0.39, 0.29) is 6.61 Å². The second-order valence-corrected chi connectivity index (χ2v) is 4.75. The van der Waals surface area contributed by atoms with Crippen LogP contribution in [0.3, 0.4) is 0 Å². The second kappa shape index (κ2) is 5.42. The molecular weight excluding hydrogens is 248 g/mol. The third-order valence-corrected chi connectivity index (χ3v) is 3.09. The molecule has 2 aromatic carbocycles. The first-order chi connectivity index (χ1) is 8.64. The summed E-state index contributed by atoms with van der Waals surface area (Å²) in [5.41, 5.74) is 0.178. The molecule has 2 nitrogen and oxygen atoms in total. The van der Waals surface area contributed by atoms with Gasteiger partial charge < -0.3 is 9.84 Å². The molecule has 0 saturated carbocycles. The van der Waals surface area contributed by atoms with Crippen LogP contribution in [0, 0.1) is 0 Å². The van der Waals surface area contributed by atoms with Crippen molar-refractivity contribution >= 4 is 11.6 Å². The summed E-state index contributed by atoms with van der Waals surface area (Å²) in [6.07, 6.45) is 0. The summed E-state index contributed by atoms with van der Waals surface area (Å²) >= 11 is 5.83. The van der Waals surface area contributed by atoms with Crippen LogP contribution in [-0.2, 0) is 5.60 Å². The predicted molar refractivity (Wildman–Crippen MR) is 73.0 cm³/mol. The monoisotopic (exact) mass is 262 g/mol. The standard InChI is InChI=1S/C15H15ClO2/c1-15(11-17,12-5-3-2-4-6-12)18-14-9-7-13(16)8-10-14/h2-10,17H,11H2,1H3. The van der Waals surface area contributed by atoms with Crippen LogP contribution < -0.4 is 4.74 Å². The molecule has 2 aromatic rings. The Morgan fingerprint density at radius 3 is 2.22 bits per heavy atom. The molecule has 1 atom stereocenters. The molecule has 0 heterocycles. The normalized spacial score (nSPS) is 13.9. The Bertz CT molecular complexity index is 496. The smallest absolute Gasteiger partial charge is 0.154 e. The molecule has 18 heavy (non-hydrogen) atoms. The zero-order valence-electron chi connectivity index (χ0n) is 10.1. The molecule has 0 aliphatic rings. The van der Waals surface area contributed by atoms with Crippen LogP contribution in [0.25, 0.3) is 0 Å². The van der Waals surface area contributed by atoms with Gasteiger partial charge in [-0.1, -0.05) is 41.9 Å². The van der Waals surface area contributed by atoms with Gasteiger partial charge in [-0.2, -0.15) is 0 Å². The Morgan fingerprint density at radius 2 is 1.67 bits per heavy atom. The van der Waals surface area contributed by atoms with E-state index in [4.69, 9.17) is 16.3 Å². The van der Waals surface area contributed by atoms with Crippen molar-refractivity contribution in [3.8, 4) is 5.75 Å². The van der Waals surface area contributed by atoms with Gasteiger partial charge in [0.15, 0.2) is 5.60 Å². The molecule has 0 aliphatic carbocycles. The fraction of sp³-hybridized carbons (Fsp3) is 0.200. The lowest BCUT2D eigenvalue weighted by atomic mass is 9.97. The maximum atomic E-state index is 9.60. The fourth-order valence-electron chi connectivity index (χ4n) is 1.74. The number of benzene rings is 2. The van der Waals surface area contributed by atoms with Crippen LogP contribution in [0.15, 0.2) is 54.6 Å². The summed E-state index contributed by atoms with van der Waals surface area (Å²) in [4.78, 5) is 0. The van der Waals surface area contributed by atoms with Crippen molar-refractivity contribution in [1.29, 1.82) is 0 Å². The fourth-order valence-corrected chi connectivity index (χ4v) is 1.86. The molecule has 0 aliphatic heterocycles. The van der Waals surface area contributed by atoms with Gasteiger partial charge >= 0.3 is 0 Å². The van der Waals surface area contributed by atoms with Crippen molar-refractivity contribution in [3.05, 3.63) is 65.2 Å². The van der Waals surface area contributed by atoms with Gasteiger partial charge in [-0.05, 0) is 36.8 Å². The van der Waals surface area contributed by atoms with Gasteiger partial charge in [0.25, 0.3) is 0 Å². The lowest BCUT2D eigenvalue weighted by Crippen LogP contribution is -2.33. The van der Waals surface area contributed by atoms with E-state index >= 15 is 0 Å². The van der Waals surface area contributed by atoms with Crippen LogP contribution in [0.5, 0.6) is 5.75 Å². The summed E-state index contributed by atoms with van der Waals surface area (Å²) in [6.45, 7) is 1.76. The highest BCUT2D eigenvalue weighted by molar-refractivity contribution is 6.30. The number of aliphatic hydroxyl groups excluding tert-OH is 1. The van der Waals surface area contributed by atoms with Gasteiger partial charge in [-0.3, -0.25) is 0 Å². The first-order valence-corrected chi connectivity index (χ1v) is 6.13. The van der Waals surface area contributed by atoms with E-state index in [1.54, 1.807) is 24.3 Å². The minimum atomic E-state index is -0.755. The number of hydrogen-bond acceptors (Lipinski definition) is 2. The van der Waals surface area contributed by atoms with Crippen molar-refractivity contribution in [2.45, 2.75) is 12.5 Å². The van der Waals surface area contributed by atoms with Gasteiger partial charge in [0.2, 0.25) is 0 Å². The Labute approximate surface area is 112 Å². The molecule has 0 saturated heterocycles. The van der Waals surface area contributed by atoms with Crippen molar-refractivity contribution < 1.29 is 9.84 Å². The van der Waals surface area contributed by atoms with Crippen LogP contribution in [0.2, 0.25) is 5.02 Å². The third-order valence-electron chi connectivity index (χ3n) is 2.84.